The van der Waals surface area contributed by atoms with Gasteiger partial charge < -0.3 is 15.0 Å². The van der Waals surface area contributed by atoms with Gasteiger partial charge in [-0.15, -0.1) is 0 Å². The number of ether oxygens (including phenoxy) is 1. The number of nitrogens with zero attached hydrogens (tertiary/aromatic N) is 2. The molecule has 0 spiro atoms. The molecule has 4 nitrogen and oxygen atoms in total. The van der Waals surface area contributed by atoms with Gasteiger partial charge in [-0.05, 0) is 66.1 Å². The Labute approximate surface area is 118 Å². The average molecular weight is 267 g/mol. The van der Waals surface area contributed by atoms with Crippen molar-refractivity contribution in [3.63, 3.8) is 0 Å². The zero-order valence-corrected chi connectivity index (χ0v) is 13.0. The van der Waals surface area contributed by atoms with Gasteiger partial charge in [-0.2, -0.15) is 5.26 Å². The lowest BCUT2D eigenvalue weighted by molar-refractivity contribution is -0.0508. The van der Waals surface area contributed by atoms with Crippen LogP contribution in [0, 0.1) is 11.3 Å². The van der Waals surface area contributed by atoms with Crippen LogP contribution < -0.4 is 5.32 Å². The largest absolute Gasteiger partial charge is 0.377 e. The van der Waals surface area contributed by atoms with E-state index in [1.165, 1.54) is 13.0 Å². The molecule has 4 heteroatoms. The molecule has 110 valence electrons. The molecule has 1 rings (SSSR count). The maximum Gasteiger partial charge on any atom is 0.103 e. The van der Waals surface area contributed by atoms with Gasteiger partial charge in [-0.25, -0.2) is 0 Å². The van der Waals surface area contributed by atoms with Crippen LogP contribution in [0.4, 0.5) is 0 Å². The first-order chi connectivity index (χ1) is 8.97. The highest BCUT2D eigenvalue weighted by Crippen LogP contribution is 2.24. The first-order valence-corrected chi connectivity index (χ1v) is 7.35. The van der Waals surface area contributed by atoms with Crippen molar-refractivity contribution in [3.8, 4) is 6.07 Å². The number of hydrogen-bond acceptors (Lipinski definition) is 4. The van der Waals surface area contributed by atoms with Crippen molar-refractivity contribution in [1.29, 1.82) is 5.26 Å². The van der Waals surface area contributed by atoms with E-state index in [1.54, 1.807) is 0 Å². The molecule has 0 saturated carbocycles. The monoisotopic (exact) mass is 267 g/mol. The van der Waals surface area contributed by atoms with Crippen LogP contribution in [0.2, 0.25) is 0 Å². The predicted molar refractivity (Wildman–Crippen MR) is 78.0 cm³/mol. The van der Waals surface area contributed by atoms with Crippen molar-refractivity contribution in [2.24, 2.45) is 0 Å². The van der Waals surface area contributed by atoms with Gasteiger partial charge >= 0.3 is 0 Å². The molecule has 0 aromatic heterocycles. The van der Waals surface area contributed by atoms with Crippen molar-refractivity contribution in [1.82, 2.24) is 10.2 Å². The van der Waals surface area contributed by atoms with Gasteiger partial charge in [0.25, 0.3) is 0 Å². The molecule has 1 saturated heterocycles. The standard InChI is InChI=1S/C15H29N3O/c1-14(12-16,17-3)8-5-6-10-18-11-7-9-15(2,13-18)19-4/h17H,5-11,13H2,1-4H3. The van der Waals surface area contributed by atoms with Crippen molar-refractivity contribution in [2.75, 3.05) is 33.8 Å². The Morgan fingerprint density at radius 3 is 2.79 bits per heavy atom. The number of hydrogen-bond donors (Lipinski definition) is 1. The van der Waals surface area contributed by atoms with Crippen molar-refractivity contribution < 1.29 is 4.74 Å². The molecular weight excluding hydrogens is 238 g/mol. The van der Waals surface area contributed by atoms with Gasteiger partial charge in [0.05, 0.1) is 11.7 Å². The lowest BCUT2D eigenvalue weighted by Gasteiger charge is -2.39. The third-order valence-corrected chi connectivity index (χ3v) is 4.43. The number of piperidine rings is 1. The molecule has 0 aliphatic carbocycles. The van der Waals surface area contributed by atoms with Gasteiger partial charge in [0.2, 0.25) is 0 Å². The molecule has 1 heterocycles. The van der Waals surface area contributed by atoms with Crippen LogP contribution in [0.5, 0.6) is 0 Å². The second-order valence-electron chi connectivity index (χ2n) is 6.18. The summed E-state index contributed by atoms with van der Waals surface area (Å²) in [5.74, 6) is 0. The van der Waals surface area contributed by atoms with E-state index in [0.717, 1.165) is 38.8 Å². The number of rotatable bonds is 7. The first-order valence-electron chi connectivity index (χ1n) is 7.35. The summed E-state index contributed by atoms with van der Waals surface area (Å²) in [6.07, 6.45) is 5.53. The molecular formula is C15H29N3O. The van der Waals surface area contributed by atoms with E-state index in [4.69, 9.17) is 10.00 Å². The molecule has 1 aliphatic heterocycles. The molecule has 1 aliphatic rings. The molecule has 0 aromatic carbocycles. The van der Waals surface area contributed by atoms with E-state index in [-0.39, 0.29) is 11.1 Å². The van der Waals surface area contributed by atoms with E-state index in [2.05, 4.69) is 23.2 Å². The molecule has 2 unspecified atom stereocenters. The van der Waals surface area contributed by atoms with E-state index < -0.39 is 0 Å². The van der Waals surface area contributed by atoms with Gasteiger partial charge in [0, 0.05) is 13.7 Å². The lowest BCUT2D eigenvalue weighted by atomic mass is 9.94. The summed E-state index contributed by atoms with van der Waals surface area (Å²) in [6.45, 7) is 7.50. The third kappa shape index (κ3) is 5.10. The fraction of sp³-hybridized carbons (Fsp3) is 0.933. The summed E-state index contributed by atoms with van der Waals surface area (Å²) in [4.78, 5) is 2.50. The predicted octanol–water partition coefficient (Wildman–Crippen LogP) is 2.16. The summed E-state index contributed by atoms with van der Waals surface area (Å²) < 4.78 is 5.61. The minimum Gasteiger partial charge on any atom is -0.377 e. The highest BCUT2D eigenvalue weighted by molar-refractivity contribution is 5.02. The second-order valence-corrected chi connectivity index (χ2v) is 6.18. The lowest BCUT2D eigenvalue weighted by Crippen LogP contribution is -2.47. The number of unbranched alkanes of at least 4 members (excludes halogenated alkanes) is 1. The third-order valence-electron chi connectivity index (χ3n) is 4.43. The average Bonchev–Trinajstić information content (AvgIpc) is 2.43. The molecule has 1 N–H and O–H groups in total. The van der Waals surface area contributed by atoms with Crippen LogP contribution in [0.25, 0.3) is 0 Å². The smallest absolute Gasteiger partial charge is 0.103 e. The molecule has 19 heavy (non-hydrogen) atoms. The Morgan fingerprint density at radius 1 is 1.47 bits per heavy atom. The molecule has 0 bridgehead atoms. The van der Waals surface area contributed by atoms with E-state index in [0.29, 0.717) is 0 Å². The topological polar surface area (TPSA) is 48.3 Å². The second kappa shape index (κ2) is 7.23. The minimum absolute atomic E-state index is 0.0321. The number of nitriles is 1. The number of methoxy groups -OCH3 is 1. The summed E-state index contributed by atoms with van der Waals surface area (Å²) in [7, 11) is 3.67. The molecule has 0 amide bonds. The zero-order chi connectivity index (χ0) is 14.4. The van der Waals surface area contributed by atoms with Crippen molar-refractivity contribution in [3.05, 3.63) is 0 Å². The fourth-order valence-corrected chi connectivity index (χ4v) is 2.72. The highest BCUT2D eigenvalue weighted by atomic mass is 16.5. The maximum absolute atomic E-state index is 9.09. The Hall–Kier alpha value is -0.630. The van der Waals surface area contributed by atoms with Crippen molar-refractivity contribution in [2.45, 2.75) is 57.1 Å². The SMILES string of the molecule is CNC(C)(C#N)CCCCN1CCCC(C)(OC)C1. The van der Waals surface area contributed by atoms with Crippen LogP contribution in [-0.2, 0) is 4.74 Å². The Morgan fingerprint density at radius 2 is 2.21 bits per heavy atom. The van der Waals surface area contributed by atoms with Gasteiger partial charge in [-0.3, -0.25) is 0 Å². The number of likely N-dealkylation sites (tertiary alicyclic amines) is 1. The van der Waals surface area contributed by atoms with Gasteiger partial charge in [-0.1, -0.05) is 0 Å². The van der Waals surface area contributed by atoms with E-state index >= 15 is 0 Å². The highest BCUT2D eigenvalue weighted by Gasteiger charge is 2.30. The van der Waals surface area contributed by atoms with Crippen LogP contribution in [0.15, 0.2) is 0 Å². The Balaban J connectivity index is 2.25. The van der Waals surface area contributed by atoms with Gasteiger partial charge in [0.1, 0.15) is 5.54 Å². The summed E-state index contributed by atoms with van der Waals surface area (Å²) >= 11 is 0. The molecule has 0 radical (unpaired) electrons. The normalized spacial score (nSPS) is 27.7. The Bertz CT molecular complexity index is 315. The van der Waals surface area contributed by atoms with Crippen LogP contribution in [-0.4, -0.2) is 49.8 Å². The summed E-state index contributed by atoms with van der Waals surface area (Å²) in [6, 6.07) is 2.34. The fourth-order valence-electron chi connectivity index (χ4n) is 2.72. The Kier molecular flexibility index (Phi) is 6.25. The van der Waals surface area contributed by atoms with E-state index in [1.807, 2.05) is 21.1 Å². The van der Waals surface area contributed by atoms with Gasteiger partial charge in [0.15, 0.2) is 0 Å². The molecule has 2 atom stereocenters. The van der Waals surface area contributed by atoms with Crippen LogP contribution in [0.1, 0.15) is 46.0 Å². The molecule has 1 fully saturated rings. The van der Waals surface area contributed by atoms with E-state index in [9.17, 15) is 0 Å². The molecule has 0 aromatic rings. The van der Waals surface area contributed by atoms with Crippen molar-refractivity contribution >= 4 is 0 Å². The summed E-state index contributed by atoms with van der Waals surface area (Å²) in [5, 5.41) is 12.2. The summed E-state index contributed by atoms with van der Waals surface area (Å²) in [5.41, 5.74) is -0.340. The quantitative estimate of drug-likeness (QED) is 0.718. The zero-order valence-electron chi connectivity index (χ0n) is 13.0. The first kappa shape index (κ1) is 16.4. The maximum atomic E-state index is 9.09. The van der Waals surface area contributed by atoms with Crippen LogP contribution >= 0.6 is 0 Å². The van der Waals surface area contributed by atoms with Crippen LogP contribution in [0.3, 0.4) is 0 Å². The minimum atomic E-state index is -0.372. The number of nitrogens with one attached hydrogen (secondary N) is 1.